The number of nitrogen functional groups attached to an aromatic ring is 1. The van der Waals surface area contributed by atoms with E-state index in [9.17, 15) is 9.90 Å². The molecule has 0 unspecified atom stereocenters. The van der Waals surface area contributed by atoms with Crippen molar-refractivity contribution < 1.29 is 19.4 Å². The lowest BCUT2D eigenvalue weighted by Crippen LogP contribution is -2.45. The number of ether oxygens (including phenoxy) is 2. The Morgan fingerprint density at radius 3 is 2.60 bits per heavy atom. The summed E-state index contributed by atoms with van der Waals surface area (Å²) in [7, 11) is 0. The molecule has 1 aliphatic heterocycles. The average Bonchev–Trinajstić information content (AvgIpc) is 3.36. The smallest absolute Gasteiger partial charge is 0.410 e. The summed E-state index contributed by atoms with van der Waals surface area (Å²) in [6.07, 6.45) is 7.30. The zero-order valence-electron chi connectivity index (χ0n) is 23.2. The molecule has 210 valence electrons. The van der Waals surface area contributed by atoms with Crippen molar-refractivity contribution in [3.8, 4) is 40.0 Å². The molecule has 2 aromatic heterocycles. The number of rotatable bonds is 5. The third-order valence-corrected chi connectivity index (χ3v) is 7.07. The minimum atomic E-state index is -0.477. The minimum absolute atomic E-state index is 0.130. The van der Waals surface area contributed by atoms with Gasteiger partial charge in [-0.25, -0.2) is 4.79 Å². The zero-order chi connectivity index (χ0) is 28.3. The van der Waals surface area contributed by atoms with Crippen LogP contribution in [-0.4, -0.2) is 67.0 Å². The van der Waals surface area contributed by atoms with Crippen molar-refractivity contribution in [2.45, 2.75) is 70.8 Å². The number of hydrogen-bond donors (Lipinski definition) is 2. The third-order valence-electron chi connectivity index (χ3n) is 7.07. The molecule has 10 nitrogen and oxygen atoms in total. The van der Waals surface area contributed by atoms with Gasteiger partial charge >= 0.3 is 6.09 Å². The summed E-state index contributed by atoms with van der Waals surface area (Å²) in [6.45, 7) is 7.45. The van der Waals surface area contributed by atoms with Gasteiger partial charge in [-0.05, 0) is 64.7 Å². The average molecular weight is 545 g/mol. The van der Waals surface area contributed by atoms with Gasteiger partial charge in [-0.1, -0.05) is 24.0 Å². The largest absolute Gasteiger partial charge is 0.507 e. The number of phenolic OH excluding ortho intramolecular Hbond substituents is 1. The van der Waals surface area contributed by atoms with Crippen LogP contribution < -0.4 is 5.73 Å². The van der Waals surface area contributed by atoms with E-state index in [4.69, 9.17) is 15.2 Å². The number of hydrogen-bond acceptors (Lipinski definition) is 8. The highest BCUT2D eigenvalue weighted by atomic mass is 16.6. The second-order valence-electron chi connectivity index (χ2n) is 11.4. The zero-order valence-corrected chi connectivity index (χ0v) is 23.2. The molecule has 5 rings (SSSR count). The number of anilines is 1. The van der Waals surface area contributed by atoms with Gasteiger partial charge in [0.25, 0.3) is 0 Å². The van der Waals surface area contributed by atoms with Crippen molar-refractivity contribution in [3.63, 3.8) is 0 Å². The summed E-state index contributed by atoms with van der Waals surface area (Å²) in [5.41, 5.74) is 8.24. The Balaban J connectivity index is 1.08. The highest BCUT2D eigenvalue weighted by molar-refractivity contribution is 5.78. The highest BCUT2D eigenvalue weighted by Crippen LogP contribution is 2.33. The maximum Gasteiger partial charge on any atom is 0.410 e. The van der Waals surface area contributed by atoms with Crippen LogP contribution in [0.15, 0.2) is 42.7 Å². The lowest BCUT2D eigenvalue weighted by Gasteiger charge is -2.38. The summed E-state index contributed by atoms with van der Waals surface area (Å²) in [4.78, 5) is 14.0. The van der Waals surface area contributed by atoms with Crippen LogP contribution in [0.25, 0.3) is 22.4 Å². The topological polar surface area (TPSA) is 129 Å². The second-order valence-corrected chi connectivity index (χ2v) is 11.4. The van der Waals surface area contributed by atoms with Crippen LogP contribution in [0.5, 0.6) is 5.75 Å². The fourth-order valence-corrected chi connectivity index (χ4v) is 4.88. The molecular formula is C30H36N6O4. The Labute approximate surface area is 234 Å². The molecule has 2 fully saturated rings. The fraction of sp³-hybridized carbons (Fsp3) is 0.467. The van der Waals surface area contributed by atoms with Crippen LogP contribution in [0.2, 0.25) is 0 Å². The maximum absolute atomic E-state index is 12.2. The molecule has 0 bridgehead atoms. The highest BCUT2D eigenvalue weighted by Gasteiger charge is 2.33. The second kappa shape index (κ2) is 11.6. The van der Waals surface area contributed by atoms with Gasteiger partial charge in [-0.15, -0.1) is 10.2 Å². The van der Waals surface area contributed by atoms with E-state index in [0.29, 0.717) is 48.2 Å². The molecule has 0 atom stereocenters. The van der Waals surface area contributed by atoms with E-state index < -0.39 is 5.60 Å². The first-order valence-corrected chi connectivity index (χ1v) is 13.7. The SMILES string of the molecule is CC(C)(C)OC(=O)N1CCC(O[C@H]2C[C@H](C#CCn3cc(-c4cc(-c5ccccc5O)nnc4N)cn3)C2)CC1. The first kappa shape index (κ1) is 27.5. The Kier molecular flexibility index (Phi) is 7.94. The van der Waals surface area contributed by atoms with Crippen molar-refractivity contribution in [2.24, 2.45) is 5.92 Å². The summed E-state index contributed by atoms with van der Waals surface area (Å²) >= 11 is 0. The first-order valence-electron chi connectivity index (χ1n) is 13.7. The fourth-order valence-electron chi connectivity index (χ4n) is 4.88. The Hall–Kier alpha value is -4.10. The lowest BCUT2D eigenvalue weighted by atomic mass is 9.82. The first-order chi connectivity index (χ1) is 19.1. The molecule has 1 amide bonds. The van der Waals surface area contributed by atoms with Gasteiger partial charge in [0.05, 0.1) is 24.1 Å². The Morgan fingerprint density at radius 1 is 1.12 bits per heavy atom. The van der Waals surface area contributed by atoms with Crippen LogP contribution >= 0.6 is 0 Å². The van der Waals surface area contributed by atoms with Gasteiger partial charge in [0.2, 0.25) is 0 Å². The van der Waals surface area contributed by atoms with Gasteiger partial charge in [-0.3, -0.25) is 4.68 Å². The van der Waals surface area contributed by atoms with Crippen molar-refractivity contribution >= 4 is 11.9 Å². The molecular weight excluding hydrogens is 508 g/mol. The minimum Gasteiger partial charge on any atom is -0.507 e. The van der Waals surface area contributed by atoms with E-state index in [1.54, 1.807) is 40.0 Å². The van der Waals surface area contributed by atoms with Crippen LogP contribution in [0.1, 0.15) is 46.5 Å². The molecule has 40 heavy (non-hydrogen) atoms. The van der Waals surface area contributed by atoms with Gasteiger partial charge in [0, 0.05) is 41.9 Å². The van der Waals surface area contributed by atoms with E-state index in [1.807, 2.05) is 33.0 Å². The summed E-state index contributed by atoms with van der Waals surface area (Å²) in [5, 5.41) is 22.8. The van der Waals surface area contributed by atoms with Crippen molar-refractivity contribution in [1.82, 2.24) is 24.9 Å². The number of para-hydroxylation sites is 1. The maximum atomic E-state index is 12.2. The van der Waals surface area contributed by atoms with Crippen molar-refractivity contribution in [3.05, 3.63) is 42.7 Å². The van der Waals surface area contributed by atoms with Gasteiger partial charge in [-0.2, -0.15) is 5.10 Å². The summed E-state index contributed by atoms with van der Waals surface area (Å²) < 4.78 is 13.5. The molecule has 1 aliphatic carbocycles. The normalized spacial score (nSPS) is 19.4. The van der Waals surface area contributed by atoms with Gasteiger partial charge in [0.15, 0.2) is 5.82 Å². The number of amides is 1. The van der Waals surface area contributed by atoms with Gasteiger partial charge < -0.3 is 25.2 Å². The molecule has 1 saturated carbocycles. The van der Waals surface area contributed by atoms with E-state index in [0.717, 1.165) is 31.2 Å². The predicted molar refractivity (Wildman–Crippen MR) is 151 cm³/mol. The molecule has 3 N–H and O–H groups in total. The number of nitrogens with two attached hydrogens (primary N) is 1. The quantitative estimate of drug-likeness (QED) is 0.450. The lowest BCUT2D eigenvalue weighted by molar-refractivity contribution is -0.0849. The Bertz CT molecular complexity index is 1410. The molecule has 3 heterocycles. The van der Waals surface area contributed by atoms with E-state index in [2.05, 4.69) is 27.1 Å². The number of likely N-dealkylation sites (tertiary alicyclic amines) is 1. The molecule has 2 aliphatic rings. The van der Waals surface area contributed by atoms with Crippen LogP contribution in [-0.2, 0) is 16.0 Å². The third kappa shape index (κ3) is 6.72. The molecule has 3 aromatic rings. The van der Waals surface area contributed by atoms with Crippen molar-refractivity contribution in [2.75, 3.05) is 18.8 Å². The van der Waals surface area contributed by atoms with Crippen molar-refractivity contribution in [1.29, 1.82) is 0 Å². The number of phenols is 1. The molecule has 0 radical (unpaired) electrons. The number of benzene rings is 1. The summed E-state index contributed by atoms with van der Waals surface area (Å²) in [5.74, 6) is 7.32. The van der Waals surface area contributed by atoms with Crippen LogP contribution in [0, 0.1) is 17.8 Å². The number of aromatic hydroxyl groups is 1. The molecule has 1 aromatic carbocycles. The number of nitrogens with zero attached hydrogens (tertiary/aromatic N) is 5. The standard InChI is InChI=1S/C30H36N6O4/c1-30(2,3)40-29(38)35-13-10-22(11-14-35)39-23-15-20(16-23)7-6-12-36-19-21(18-32-36)25-17-26(33-34-28(25)31)24-8-4-5-9-27(24)37/h4-5,8-9,17-20,22-23,37H,10-16H2,1-3H3,(H2,31,34)/t20-,23-. The van der Waals surface area contributed by atoms with E-state index in [1.165, 1.54) is 0 Å². The van der Waals surface area contributed by atoms with Crippen LogP contribution in [0.4, 0.5) is 10.6 Å². The molecule has 10 heteroatoms. The predicted octanol–water partition coefficient (Wildman–Crippen LogP) is 4.49. The monoisotopic (exact) mass is 544 g/mol. The molecule has 0 spiro atoms. The summed E-state index contributed by atoms with van der Waals surface area (Å²) in [6, 6.07) is 8.78. The Morgan fingerprint density at radius 2 is 1.88 bits per heavy atom. The number of piperidine rings is 1. The van der Waals surface area contributed by atoms with Crippen LogP contribution in [0.3, 0.4) is 0 Å². The van der Waals surface area contributed by atoms with E-state index >= 15 is 0 Å². The number of aromatic nitrogens is 4. The van der Waals surface area contributed by atoms with Gasteiger partial charge in [0.1, 0.15) is 17.9 Å². The number of carbonyl (C=O) groups excluding carboxylic acids is 1. The number of carbonyl (C=O) groups is 1. The molecule has 1 saturated heterocycles. The van der Waals surface area contributed by atoms with E-state index in [-0.39, 0.29) is 24.1 Å².